The van der Waals surface area contributed by atoms with Crippen LogP contribution in [0.4, 0.5) is 17.1 Å². The summed E-state index contributed by atoms with van der Waals surface area (Å²) in [6.45, 7) is 1.93. The molecule has 0 aliphatic carbocycles. The van der Waals surface area contributed by atoms with Crippen molar-refractivity contribution in [3.63, 3.8) is 0 Å². The molecule has 29 heavy (non-hydrogen) atoms. The fourth-order valence-corrected chi connectivity index (χ4v) is 3.22. The topological polar surface area (TPSA) is 111 Å². The minimum absolute atomic E-state index is 0.0367. The van der Waals surface area contributed by atoms with Crippen LogP contribution < -0.4 is 19.7 Å². The molecule has 1 saturated heterocycles. The number of nitrogens with zero attached hydrogens (tertiary/aromatic N) is 2. The summed E-state index contributed by atoms with van der Waals surface area (Å²) >= 11 is 0. The van der Waals surface area contributed by atoms with Crippen LogP contribution >= 0.6 is 0 Å². The van der Waals surface area contributed by atoms with Crippen molar-refractivity contribution in [3.8, 4) is 11.5 Å². The van der Waals surface area contributed by atoms with Gasteiger partial charge in [-0.25, -0.2) is 0 Å². The monoisotopic (exact) mass is 399 g/mol. The number of hydrogen-bond donors (Lipinski definition) is 1. The molecular weight excluding hydrogens is 378 g/mol. The molecule has 1 N–H and O–H groups in total. The van der Waals surface area contributed by atoms with Gasteiger partial charge >= 0.3 is 0 Å². The molecule has 0 saturated carbocycles. The number of ether oxygens (including phenoxy) is 2. The zero-order chi connectivity index (χ0) is 21.1. The predicted octanol–water partition coefficient (Wildman–Crippen LogP) is 2.91. The van der Waals surface area contributed by atoms with Gasteiger partial charge in [0.2, 0.25) is 11.8 Å². The standard InChI is InChI=1S/C20H21N3O6/c1-12-4-5-14(23(26)27)9-16(12)21-20(25)13-8-19(24)22(11-13)17-7-6-15(28-2)10-18(17)29-3/h4-7,9-10,13H,8,11H2,1-3H3,(H,21,25)/t13-/m0/s1. The molecule has 0 radical (unpaired) electrons. The summed E-state index contributed by atoms with van der Waals surface area (Å²) in [6, 6.07) is 9.35. The number of non-ortho nitro benzene ring substituents is 1. The summed E-state index contributed by atoms with van der Waals surface area (Å²) < 4.78 is 10.5. The van der Waals surface area contributed by atoms with Crippen LogP contribution in [0.25, 0.3) is 0 Å². The van der Waals surface area contributed by atoms with Crippen molar-refractivity contribution >= 4 is 28.9 Å². The first-order chi connectivity index (χ1) is 13.8. The SMILES string of the molecule is COc1ccc(N2C[C@@H](C(=O)Nc3cc([N+](=O)[O-])ccc3C)CC2=O)c(OC)c1. The van der Waals surface area contributed by atoms with Crippen LogP contribution in [0.2, 0.25) is 0 Å². The molecule has 3 rings (SSSR count). The van der Waals surface area contributed by atoms with Gasteiger partial charge in [-0.1, -0.05) is 6.07 Å². The van der Waals surface area contributed by atoms with Crippen molar-refractivity contribution in [2.75, 3.05) is 31.0 Å². The highest BCUT2D eigenvalue weighted by Crippen LogP contribution is 2.36. The van der Waals surface area contributed by atoms with Crippen molar-refractivity contribution in [1.82, 2.24) is 0 Å². The predicted molar refractivity (Wildman–Crippen MR) is 106 cm³/mol. The van der Waals surface area contributed by atoms with E-state index in [1.54, 1.807) is 31.2 Å². The maximum atomic E-state index is 12.7. The molecular formula is C20H21N3O6. The summed E-state index contributed by atoms with van der Waals surface area (Å²) in [5.74, 6) is -0.102. The molecule has 152 valence electrons. The van der Waals surface area contributed by atoms with Crippen LogP contribution in [0.15, 0.2) is 36.4 Å². The summed E-state index contributed by atoms with van der Waals surface area (Å²) in [4.78, 5) is 37.2. The van der Waals surface area contributed by atoms with E-state index in [9.17, 15) is 19.7 Å². The highest BCUT2D eigenvalue weighted by Gasteiger charge is 2.36. The smallest absolute Gasteiger partial charge is 0.271 e. The lowest BCUT2D eigenvalue weighted by atomic mass is 10.1. The molecule has 0 aromatic heterocycles. The molecule has 2 aromatic carbocycles. The first-order valence-corrected chi connectivity index (χ1v) is 8.92. The molecule has 2 aromatic rings. The van der Waals surface area contributed by atoms with Crippen molar-refractivity contribution < 1.29 is 24.0 Å². The minimum Gasteiger partial charge on any atom is -0.497 e. The van der Waals surface area contributed by atoms with Gasteiger partial charge in [0.05, 0.1) is 36.4 Å². The second kappa shape index (κ2) is 8.17. The van der Waals surface area contributed by atoms with Crippen molar-refractivity contribution in [2.24, 2.45) is 5.92 Å². The van der Waals surface area contributed by atoms with Crippen LogP contribution in [0, 0.1) is 23.0 Å². The molecule has 1 fully saturated rings. The number of hydrogen-bond acceptors (Lipinski definition) is 6. The van der Waals surface area contributed by atoms with Crippen molar-refractivity contribution in [2.45, 2.75) is 13.3 Å². The Morgan fingerprint density at radius 1 is 1.21 bits per heavy atom. The number of benzene rings is 2. The Labute approximate surface area is 167 Å². The third-order valence-corrected chi connectivity index (χ3v) is 4.86. The van der Waals surface area contributed by atoms with Crippen LogP contribution in [0.5, 0.6) is 11.5 Å². The second-order valence-electron chi connectivity index (χ2n) is 6.69. The number of nitrogens with one attached hydrogen (secondary N) is 1. The zero-order valence-electron chi connectivity index (χ0n) is 16.3. The highest BCUT2D eigenvalue weighted by atomic mass is 16.6. The Bertz CT molecular complexity index is 975. The Kier molecular flexibility index (Phi) is 5.67. The maximum absolute atomic E-state index is 12.7. The molecule has 0 spiro atoms. The third kappa shape index (κ3) is 4.13. The van der Waals surface area contributed by atoms with E-state index in [1.807, 2.05) is 0 Å². The number of carbonyl (C=O) groups is 2. The highest BCUT2D eigenvalue weighted by molar-refractivity contribution is 6.04. The van der Waals surface area contributed by atoms with Gasteiger partial charge in [0, 0.05) is 31.2 Å². The van der Waals surface area contributed by atoms with Gasteiger partial charge in [-0.3, -0.25) is 19.7 Å². The van der Waals surface area contributed by atoms with E-state index in [4.69, 9.17) is 9.47 Å². The van der Waals surface area contributed by atoms with E-state index in [2.05, 4.69) is 5.32 Å². The van der Waals surface area contributed by atoms with Gasteiger partial charge in [-0.15, -0.1) is 0 Å². The Morgan fingerprint density at radius 3 is 2.62 bits per heavy atom. The quantitative estimate of drug-likeness (QED) is 0.591. The molecule has 0 bridgehead atoms. The van der Waals surface area contributed by atoms with Crippen molar-refractivity contribution in [3.05, 3.63) is 52.1 Å². The fourth-order valence-electron chi connectivity index (χ4n) is 3.22. The van der Waals surface area contributed by atoms with Gasteiger partial charge in [-0.05, 0) is 24.6 Å². The number of rotatable bonds is 6. The van der Waals surface area contributed by atoms with Gasteiger partial charge < -0.3 is 19.7 Å². The molecule has 1 heterocycles. The number of aryl methyl sites for hydroxylation is 1. The zero-order valence-corrected chi connectivity index (χ0v) is 16.3. The van der Waals surface area contributed by atoms with Gasteiger partial charge in [0.15, 0.2) is 0 Å². The van der Waals surface area contributed by atoms with Gasteiger partial charge in [-0.2, -0.15) is 0 Å². The molecule has 0 unspecified atom stereocenters. The Balaban J connectivity index is 1.78. The summed E-state index contributed by atoms with van der Waals surface area (Å²) in [5.41, 5.74) is 1.50. The van der Waals surface area contributed by atoms with E-state index >= 15 is 0 Å². The van der Waals surface area contributed by atoms with Crippen LogP contribution in [-0.4, -0.2) is 37.5 Å². The normalized spacial score (nSPS) is 15.9. The van der Waals surface area contributed by atoms with Crippen LogP contribution in [0.1, 0.15) is 12.0 Å². The first-order valence-electron chi connectivity index (χ1n) is 8.92. The van der Waals surface area contributed by atoms with Crippen LogP contribution in [-0.2, 0) is 9.59 Å². The molecule has 2 amide bonds. The van der Waals surface area contributed by atoms with Gasteiger partial charge in [0.1, 0.15) is 11.5 Å². The van der Waals surface area contributed by atoms with E-state index in [0.29, 0.717) is 28.4 Å². The van der Waals surface area contributed by atoms with E-state index in [-0.39, 0.29) is 30.5 Å². The van der Waals surface area contributed by atoms with E-state index in [1.165, 1.54) is 31.3 Å². The average molecular weight is 399 g/mol. The third-order valence-electron chi connectivity index (χ3n) is 4.86. The van der Waals surface area contributed by atoms with Crippen molar-refractivity contribution in [1.29, 1.82) is 0 Å². The Morgan fingerprint density at radius 2 is 1.97 bits per heavy atom. The summed E-state index contributed by atoms with van der Waals surface area (Å²) in [5, 5.41) is 13.7. The molecule has 9 nitrogen and oxygen atoms in total. The summed E-state index contributed by atoms with van der Waals surface area (Å²) in [6.07, 6.45) is 0.0367. The number of nitro benzene ring substituents is 1. The number of carbonyl (C=O) groups excluding carboxylic acids is 2. The van der Waals surface area contributed by atoms with Crippen LogP contribution in [0.3, 0.4) is 0 Å². The molecule has 9 heteroatoms. The second-order valence-corrected chi connectivity index (χ2v) is 6.69. The number of methoxy groups -OCH3 is 2. The maximum Gasteiger partial charge on any atom is 0.271 e. The van der Waals surface area contributed by atoms with E-state index < -0.39 is 10.8 Å². The number of anilines is 2. The summed E-state index contributed by atoms with van der Waals surface area (Å²) in [7, 11) is 3.03. The first kappa shape index (κ1) is 20.1. The molecule has 1 aliphatic heterocycles. The molecule has 1 aliphatic rings. The van der Waals surface area contributed by atoms with E-state index in [0.717, 1.165) is 0 Å². The lowest BCUT2D eigenvalue weighted by molar-refractivity contribution is -0.384. The molecule has 1 atom stereocenters. The Hall–Kier alpha value is -3.62. The number of amides is 2. The lowest BCUT2D eigenvalue weighted by Crippen LogP contribution is -2.28. The number of nitro groups is 1. The average Bonchev–Trinajstić information content (AvgIpc) is 3.10. The minimum atomic E-state index is -0.590. The fraction of sp³-hybridized carbons (Fsp3) is 0.300. The lowest BCUT2D eigenvalue weighted by Gasteiger charge is -2.20. The van der Waals surface area contributed by atoms with Gasteiger partial charge in [0.25, 0.3) is 5.69 Å². The largest absolute Gasteiger partial charge is 0.497 e.